The fourth-order valence-corrected chi connectivity index (χ4v) is 3.92. The van der Waals surface area contributed by atoms with E-state index in [2.05, 4.69) is 9.71 Å². The van der Waals surface area contributed by atoms with E-state index in [0.29, 0.717) is 19.0 Å². The first kappa shape index (κ1) is 16.2. The molecular weight excluding hydrogens is 292 g/mol. The highest BCUT2D eigenvalue weighted by atomic mass is 32.2. The van der Waals surface area contributed by atoms with Crippen LogP contribution in [0.2, 0.25) is 0 Å². The Bertz CT molecular complexity index is 564. The third-order valence-electron chi connectivity index (χ3n) is 3.62. The molecule has 1 atom stereocenters. The Morgan fingerprint density at radius 1 is 1.52 bits per heavy atom. The number of nitrogens with zero attached hydrogens (tertiary/aromatic N) is 2. The summed E-state index contributed by atoms with van der Waals surface area (Å²) in [7, 11) is -2.00. The minimum Gasteiger partial charge on any atom is -0.481 e. The molecule has 1 aromatic heterocycles. The molecule has 0 radical (unpaired) electrons. The first-order chi connectivity index (χ1) is 10.1. The van der Waals surface area contributed by atoms with Crippen molar-refractivity contribution in [2.45, 2.75) is 31.8 Å². The second kappa shape index (κ2) is 7.17. The summed E-state index contributed by atoms with van der Waals surface area (Å²) in [4.78, 5) is 3.99. The van der Waals surface area contributed by atoms with E-state index in [-0.39, 0.29) is 12.6 Å². The van der Waals surface area contributed by atoms with Crippen molar-refractivity contribution in [3.05, 3.63) is 23.9 Å². The summed E-state index contributed by atoms with van der Waals surface area (Å²) in [6.07, 6.45) is 4.31. The van der Waals surface area contributed by atoms with E-state index in [1.807, 2.05) is 0 Å². The zero-order chi connectivity index (χ0) is 15.3. The van der Waals surface area contributed by atoms with E-state index in [0.717, 1.165) is 24.8 Å². The summed E-state index contributed by atoms with van der Waals surface area (Å²) in [5, 5.41) is 0. The lowest BCUT2D eigenvalue weighted by Crippen LogP contribution is -2.51. The number of nitrogens with one attached hydrogen (secondary N) is 1. The molecule has 1 aromatic rings. The van der Waals surface area contributed by atoms with E-state index in [9.17, 15) is 8.42 Å². The van der Waals surface area contributed by atoms with Crippen LogP contribution in [0, 0.1) is 0 Å². The van der Waals surface area contributed by atoms with Crippen molar-refractivity contribution < 1.29 is 13.2 Å². The molecule has 3 N–H and O–H groups in total. The topological polar surface area (TPSA) is 97.5 Å². The van der Waals surface area contributed by atoms with Gasteiger partial charge in [0.1, 0.15) is 0 Å². The molecule has 0 saturated carbocycles. The quantitative estimate of drug-likeness (QED) is 0.784. The van der Waals surface area contributed by atoms with E-state index in [1.165, 1.54) is 11.4 Å². The normalized spacial score (nSPS) is 20.4. The van der Waals surface area contributed by atoms with Crippen LogP contribution >= 0.6 is 0 Å². The minimum atomic E-state index is -3.52. The van der Waals surface area contributed by atoms with Gasteiger partial charge in [0, 0.05) is 37.9 Å². The Kier molecular flexibility index (Phi) is 5.51. The molecule has 2 rings (SSSR count). The van der Waals surface area contributed by atoms with Gasteiger partial charge in [0.05, 0.1) is 7.11 Å². The summed E-state index contributed by atoms with van der Waals surface area (Å²) in [6.45, 7) is 1.08. The predicted molar refractivity (Wildman–Crippen MR) is 79.9 cm³/mol. The van der Waals surface area contributed by atoms with Crippen LogP contribution in [0.5, 0.6) is 5.88 Å². The molecule has 0 bridgehead atoms. The van der Waals surface area contributed by atoms with Crippen molar-refractivity contribution >= 4 is 10.2 Å². The number of hydrogen-bond acceptors (Lipinski definition) is 5. The molecule has 1 aliphatic rings. The van der Waals surface area contributed by atoms with Gasteiger partial charge in [-0.1, -0.05) is 6.42 Å². The smallest absolute Gasteiger partial charge is 0.280 e. The van der Waals surface area contributed by atoms with Gasteiger partial charge in [-0.3, -0.25) is 0 Å². The summed E-state index contributed by atoms with van der Waals surface area (Å²) in [5.74, 6) is 0.463. The standard InChI is InChI=1S/C13H22N4O3S/c1-20-13-8-11(5-6-15-13)10-16-21(18,19)17-7-3-2-4-12(17)9-14/h5-6,8,12,16H,2-4,7,9-10,14H2,1H3. The fraction of sp³-hybridized carbons (Fsp3) is 0.615. The number of nitrogens with two attached hydrogens (primary N) is 1. The zero-order valence-electron chi connectivity index (χ0n) is 12.2. The Hall–Kier alpha value is -1.22. The number of aromatic nitrogens is 1. The monoisotopic (exact) mass is 314 g/mol. The molecule has 1 saturated heterocycles. The maximum absolute atomic E-state index is 12.4. The Labute approximate surface area is 125 Å². The number of ether oxygens (including phenoxy) is 1. The summed E-state index contributed by atoms with van der Waals surface area (Å²) >= 11 is 0. The van der Waals surface area contributed by atoms with Crippen LogP contribution in [0.4, 0.5) is 0 Å². The number of rotatable bonds is 6. The van der Waals surface area contributed by atoms with Gasteiger partial charge in [0.15, 0.2) is 0 Å². The lowest BCUT2D eigenvalue weighted by atomic mass is 10.1. The van der Waals surface area contributed by atoms with Gasteiger partial charge < -0.3 is 10.5 Å². The predicted octanol–water partition coefficient (Wildman–Crippen LogP) is 0.238. The first-order valence-corrected chi connectivity index (χ1v) is 8.46. The average molecular weight is 314 g/mol. The van der Waals surface area contributed by atoms with Crippen LogP contribution < -0.4 is 15.2 Å². The van der Waals surface area contributed by atoms with Crippen molar-refractivity contribution in [3.63, 3.8) is 0 Å². The molecule has 21 heavy (non-hydrogen) atoms. The SMILES string of the molecule is COc1cc(CNS(=O)(=O)N2CCCCC2CN)ccn1. The van der Waals surface area contributed by atoms with Gasteiger partial charge in [-0.15, -0.1) is 0 Å². The highest BCUT2D eigenvalue weighted by Gasteiger charge is 2.30. The van der Waals surface area contributed by atoms with Crippen LogP contribution in [-0.2, 0) is 16.8 Å². The van der Waals surface area contributed by atoms with E-state index in [1.54, 1.807) is 18.3 Å². The largest absolute Gasteiger partial charge is 0.481 e. The Balaban J connectivity index is 2.03. The maximum atomic E-state index is 12.4. The second-order valence-electron chi connectivity index (χ2n) is 5.03. The van der Waals surface area contributed by atoms with Crippen molar-refractivity contribution in [2.24, 2.45) is 5.73 Å². The average Bonchev–Trinajstić information content (AvgIpc) is 2.53. The molecule has 1 fully saturated rings. The Morgan fingerprint density at radius 2 is 2.33 bits per heavy atom. The van der Waals surface area contributed by atoms with Gasteiger partial charge in [-0.05, 0) is 24.5 Å². The molecule has 0 aliphatic carbocycles. The molecule has 0 amide bonds. The van der Waals surface area contributed by atoms with Gasteiger partial charge in [-0.25, -0.2) is 4.98 Å². The van der Waals surface area contributed by atoms with Crippen molar-refractivity contribution in [3.8, 4) is 5.88 Å². The highest BCUT2D eigenvalue weighted by Crippen LogP contribution is 2.19. The minimum absolute atomic E-state index is 0.108. The van der Waals surface area contributed by atoms with Crippen LogP contribution in [0.25, 0.3) is 0 Å². The fourth-order valence-electron chi connectivity index (χ4n) is 2.46. The lowest BCUT2D eigenvalue weighted by Gasteiger charge is -2.33. The van der Waals surface area contributed by atoms with Crippen LogP contribution in [-0.4, -0.2) is 43.9 Å². The third-order valence-corrected chi connectivity index (χ3v) is 5.23. The molecule has 8 heteroatoms. The Morgan fingerprint density at radius 3 is 3.05 bits per heavy atom. The number of pyridine rings is 1. The van der Waals surface area contributed by atoms with Gasteiger partial charge in [0.25, 0.3) is 10.2 Å². The molecule has 2 heterocycles. The number of piperidine rings is 1. The van der Waals surface area contributed by atoms with Crippen molar-refractivity contribution in [2.75, 3.05) is 20.2 Å². The molecule has 118 valence electrons. The lowest BCUT2D eigenvalue weighted by molar-refractivity contribution is 0.254. The number of methoxy groups -OCH3 is 1. The molecule has 0 spiro atoms. The van der Waals surface area contributed by atoms with E-state index >= 15 is 0 Å². The van der Waals surface area contributed by atoms with Gasteiger partial charge in [-0.2, -0.15) is 17.4 Å². The van der Waals surface area contributed by atoms with Crippen LogP contribution in [0.15, 0.2) is 18.3 Å². The first-order valence-electron chi connectivity index (χ1n) is 7.02. The molecule has 0 aromatic carbocycles. The van der Waals surface area contributed by atoms with Crippen molar-refractivity contribution in [1.29, 1.82) is 0 Å². The maximum Gasteiger partial charge on any atom is 0.280 e. The molecule has 1 unspecified atom stereocenters. The summed E-state index contributed by atoms with van der Waals surface area (Å²) in [6, 6.07) is 3.35. The zero-order valence-corrected chi connectivity index (χ0v) is 13.0. The summed E-state index contributed by atoms with van der Waals surface area (Å²) < 4.78 is 33.9. The van der Waals surface area contributed by atoms with Gasteiger partial charge >= 0.3 is 0 Å². The van der Waals surface area contributed by atoms with Crippen molar-refractivity contribution in [1.82, 2.24) is 14.0 Å². The van der Waals surface area contributed by atoms with Gasteiger partial charge in [0.2, 0.25) is 5.88 Å². The van der Waals surface area contributed by atoms with Crippen LogP contribution in [0.3, 0.4) is 0 Å². The second-order valence-corrected chi connectivity index (χ2v) is 6.74. The van der Waals surface area contributed by atoms with E-state index < -0.39 is 10.2 Å². The third kappa shape index (κ3) is 4.13. The summed E-state index contributed by atoms with van der Waals surface area (Å²) in [5.41, 5.74) is 6.47. The highest BCUT2D eigenvalue weighted by molar-refractivity contribution is 7.87. The molecule has 7 nitrogen and oxygen atoms in total. The molecule has 1 aliphatic heterocycles. The number of hydrogen-bond donors (Lipinski definition) is 2. The molecular formula is C13H22N4O3S. The van der Waals surface area contributed by atoms with E-state index in [4.69, 9.17) is 10.5 Å². The van der Waals surface area contributed by atoms with Crippen LogP contribution in [0.1, 0.15) is 24.8 Å².